The van der Waals surface area contributed by atoms with Crippen LogP contribution in [0.1, 0.15) is 5.56 Å². The minimum absolute atomic E-state index is 0.650. The Bertz CT molecular complexity index is 1430. The van der Waals surface area contributed by atoms with E-state index in [1.165, 1.54) is 0 Å². The maximum Gasteiger partial charge on any atom is 0.190 e. The lowest BCUT2D eigenvalue weighted by atomic mass is 10.0. The first kappa shape index (κ1) is 19.6. The molecule has 0 N–H and O–H groups in total. The summed E-state index contributed by atoms with van der Waals surface area (Å²) in [6.45, 7) is 9.48. The van der Waals surface area contributed by atoms with Crippen LogP contribution in [0.3, 0.4) is 0 Å². The average Bonchev–Trinajstić information content (AvgIpc) is 3.45. The van der Waals surface area contributed by atoms with Gasteiger partial charge < -0.3 is 4.57 Å². The summed E-state index contributed by atoms with van der Waals surface area (Å²) in [5.74, 6) is 0.815. The van der Waals surface area contributed by atoms with Crippen LogP contribution in [0.4, 0.5) is 5.69 Å². The third kappa shape index (κ3) is 3.30. The molecule has 0 aliphatic carbocycles. The minimum Gasteiger partial charge on any atom is -0.348 e. The summed E-state index contributed by atoms with van der Waals surface area (Å²) in [5.41, 5.74) is 8.14. The molecule has 0 radical (unpaired) electrons. The van der Waals surface area contributed by atoms with Crippen LogP contribution in [-0.4, -0.2) is 14.1 Å². The number of imidazole rings is 1. The third-order valence-electron chi connectivity index (χ3n) is 5.76. The van der Waals surface area contributed by atoms with Crippen LogP contribution >= 0.6 is 0 Å². The van der Waals surface area contributed by atoms with Crippen molar-refractivity contribution in [3.8, 4) is 39.5 Å². The fourth-order valence-corrected chi connectivity index (χ4v) is 4.19. The van der Waals surface area contributed by atoms with Gasteiger partial charge in [0.25, 0.3) is 0 Å². The molecular weight excluding hydrogens is 392 g/mol. The predicted molar refractivity (Wildman–Crippen MR) is 130 cm³/mol. The molecule has 0 bridgehead atoms. The van der Waals surface area contributed by atoms with Gasteiger partial charge in [0.2, 0.25) is 0 Å². The Kier molecular flexibility index (Phi) is 4.93. The van der Waals surface area contributed by atoms with Crippen LogP contribution in [0.25, 0.3) is 44.3 Å². The van der Waals surface area contributed by atoms with E-state index in [0.29, 0.717) is 5.69 Å². The zero-order valence-electron chi connectivity index (χ0n) is 18.0. The Morgan fingerprint density at radius 3 is 2.22 bits per heavy atom. The maximum absolute atomic E-state index is 7.52. The van der Waals surface area contributed by atoms with Crippen molar-refractivity contribution in [2.45, 2.75) is 6.92 Å². The SMILES string of the molecule is [C-]#[N+]c1cc(-c2nccn2-c2c(-c3ccccc3)cn(C)c2-c2ccccc2)ccc1C. The van der Waals surface area contributed by atoms with Gasteiger partial charge in [0.1, 0.15) is 5.82 Å². The third-order valence-corrected chi connectivity index (χ3v) is 5.76. The van der Waals surface area contributed by atoms with Crippen LogP contribution in [0.15, 0.2) is 97.5 Å². The summed E-state index contributed by atoms with van der Waals surface area (Å²) in [6.07, 6.45) is 6.00. The van der Waals surface area contributed by atoms with Gasteiger partial charge in [-0.3, -0.25) is 4.57 Å². The minimum atomic E-state index is 0.650. The molecule has 2 aromatic heterocycles. The molecule has 0 aliphatic heterocycles. The zero-order valence-corrected chi connectivity index (χ0v) is 18.0. The molecule has 154 valence electrons. The van der Waals surface area contributed by atoms with Crippen LogP contribution in [-0.2, 0) is 7.05 Å². The summed E-state index contributed by atoms with van der Waals surface area (Å²) in [4.78, 5) is 8.38. The second-order valence-electron chi connectivity index (χ2n) is 7.82. The second kappa shape index (κ2) is 8.05. The first-order chi connectivity index (χ1) is 15.7. The van der Waals surface area contributed by atoms with E-state index in [0.717, 1.165) is 45.0 Å². The van der Waals surface area contributed by atoms with E-state index in [4.69, 9.17) is 11.6 Å². The van der Waals surface area contributed by atoms with Crippen LogP contribution < -0.4 is 0 Å². The molecule has 0 saturated carbocycles. The largest absolute Gasteiger partial charge is 0.348 e. The van der Waals surface area contributed by atoms with Crippen molar-refractivity contribution in [2.24, 2.45) is 7.05 Å². The number of hydrogen-bond acceptors (Lipinski definition) is 1. The smallest absolute Gasteiger partial charge is 0.190 e. The molecule has 5 aromatic rings. The van der Waals surface area contributed by atoms with Crippen molar-refractivity contribution >= 4 is 5.69 Å². The van der Waals surface area contributed by atoms with E-state index in [1.54, 1.807) is 0 Å². The Morgan fingerprint density at radius 1 is 0.844 bits per heavy atom. The van der Waals surface area contributed by atoms with Gasteiger partial charge in [-0.1, -0.05) is 72.8 Å². The van der Waals surface area contributed by atoms with Crippen LogP contribution in [0.2, 0.25) is 0 Å². The number of aromatic nitrogens is 3. The number of benzene rings is 3. The van der Waals surface area contributed by atoms with Gasteiger partial charge >= 0.3 is 0 Å². The molecule has 0 spiro atoms. The Labute approximate surface area is 187 Å². The van der Waals surface area contributed by atoms with E-state index < -0.39 is 0 Å². The first-order valence-corrected chi connectivity index (χ1v) is 10.5. The average molecular weight is 415 g/mol. The summed E-state index contributed by atoms with van der Waals surface area (Å²) >= 11 is 0. The highest BCUT2D eigenvalue weighted by atomic mass is 15.1. The fraction of sp³-hybridized carbons (Fsp3) is 0.0714. The topological polar surface area (TPSA) is 27.1 Å². The maximum atomic E-state index is 7.52. The molecule has 0 saturated heterocycles. The van der Waals surface area contributed by atoms with Gasteiger partial charge in [-0.2, -0.15) is 0 Å². The monoisotopic (exact) mass is 414 g/mol. The quantitative estimate of drug-likeness (QED) is 0.289. The van der Waals surface area contributed by atoms with Crippen molar-refractivity contribution in [1.29, 1.82) is 0 Å². The lowest BCUT2D eigenvalue weighted by Crippen LogP contribution is -2.01. The molecule has 2 heterocycles. The molecule has 3 aromatic carbocycles. The number of hydrogen-bond donors (Lipinski definition) is 0. The lowest BCUT2D eigenvalue weighted by molar-refractivity contribution is 0.929. The molecule has 0 fully saturated rings. The highest BCUT2D eigenvalue weighted by Gasteiger charge is 2.21. The molecule has 0 amide bonds. The molecule has 4 heteroatoms. The van der Waals surface area contributed by atoms with Crippen molar-refractivity contribution in [1.82, 2.24) is 14.1 Å². The van der Waals surface area contributed by atoms with Gasteiger partial charge in [-0.25, -0.2) is 9.83 Å². The van der Waals surface area contributed by atoms with Crippen LogP contribution in [0, 0.1) is 13.5 Å². The van der Waals surface area contributed by atoms with Crippen molar-refractivity contribution in [3.05, 3.63) is 114 Å². The Hall–Kier alpha value is -4.36. The van der Waals surface area contributed by atoms with E-state index in [1.807, 2.05) is 49.6 Å². The number of nitrogens with zero attached hydrogens (tertiary/aromatic N) is 4. The molecule has 0 aliphatic rings. The van der Waals surface area contributed by atoms with Gasteiger partial charge in [0.15, 0.2) is 5.69 Å². The molecular formula is C28H22N4. The number of rotatable bonds is 4. The van der Waals surface area contributed by atoms with E-state index in [2.05, 4.69) is 75.8 Å². The van der Waals surface area contributed by atoms with E-state index in [-0.39, 0.29) is 0 Å². The summed E-state index contributed by atoms with van der Waals surface area (Å²) in [7, 11) is 2.08. The van der Waals surface area contributed by atoms with Crippen molar-refractivity contribution < 1.29 is 0 Å². The number of aryl methyl sites for hydroxylation is 2. The van der Waals surface area contributed by atoms with Gasteiger partial charge in [0.05, 0.1) is 18.0 Å². The van der Waals surface area contributed by atoms with Gasteiger partial charge in [-0.05, 0) is 24.1 Å². The lowest BCUT2D eigenvalue weighted by Gasteiger charge is -2.14. The normalized spacial score (nSPS) is 10.8. The van der Waals surface area contributed by atoms with E-state index >= 15 is 0 Å². The predicted octanol–water partition coefficient (Wildman–Crippen LogP) is 7.07. The van der Waals surface area contributed by atoms with E-state index in [9.17, 15) is 0 Å². The molecule has 0 unspecified atom stereocenters. The van der Waals surface area contributed by atoms with Crippen molar-refractivity contribution in [2.75, 3.05) is 0 Å². The summed E-state index contributed by atoms with van der Waals surface area (Å²) in [6, 6.07) is 26.8. The highest BCUT2D eigenvalue weighted by molar-refractivity contribution is 5.86. The highest BCUT2D eigenvalue weighted by Crippen LogP contribution is 2.39. The molecule has 4 nitrogen and oxygen atoms in total. The Balaban J connectivity index is 1.80. The molecule has 32 heavy (non-hydrogen) atoms. The standard InChI is InChI=1S/C28H22N4/c1-20-14-15-23(18-25(20)29-2)28-30-16-17-32(28)27-24(21-10-6-4-7-11-21)19-31(3)26(27)22-12-8-5-9-13-22/h4-19H,1,3H3. The first-order valence-electron chi connectivity index (χ1n) is 10.5. The fourth-order valence-electron chi connectivity index (χ4n) is 4.19. The zero-order chi connectivity index (χ0) is 22.1. The molecule has 0 atom stereocenters. The van der Waals surface area contributed by atoms with Gasteiger partial charge in [-0.15, -0.1) is 0 Å². The van der Waals surface area contributed by atoms with Crippen molar-refractivity contribution in [3.63, 3.8) is 0 Å². The molecule has 5 rings (SSSR count). The summed E-state index contributed by atoms with van der Waals surface area (Å²) in [5, 5.41) is 0. The summed E-state index contributed by atoms with van der Waals surface area (Å²) < 4.78 is 4.32. The Morgan fingerprint density at radius 2 is 1.53 bits per heavy atom. The van der Waals surface area contributed by atoms with Crippen LogP contribution in [0.5, 0.6) is 0 Å². The second-order valence-corrected chi connectivity index (χ2v) is 7.82. The van der Waals surface area contributed by atoms with Gasteiger partial charge in [0, 0.05) is 42.3 Å².